The largest absolute Gasteiger partial charge is 0.325 e. The quantitative estimate of drug-likeness (QED) is 0.478. The van der Waals surface area contributed by atoms with Crippen molar-refractivity contribution in [3.63, 3.8) is 0 Å². The first-order chi connectivity index (χ1) is 14.6. The van der Waals surface area contributed by atoms with E-state index < -0.39 is 0 Å². The van der Waals surface area contributed by atoms with Crippen molar-refractivity contribution in [1.29, 1.82) is 0 Å². The number of aryl methyl sites for hydroxylation is 4. The molecule has 6 nitrogen and oxygen atoms in total. The molecule has 0 unspecified atom stereocenters. The lowest BCUT2D eigenvalue weighted by Crippen LogP contribution is -2.08. The standard InChI is InChI=1S/C13H16N2O.C12H14N2O/c1-8-5-6-12-10(3)11(4)15(7-9(2)16)13(12)14-8;1-8-6-14(7-10(3)15)12-11(8)5-4-9(2)13-12/h5-6H,7H2,1-4H3;4-6H,7H2,1-3H3. The molecule has 0 spiro atoms. The van der Waals surface area contributed by atoms with Crippen molar-refractivity contribution in [2.24, 2.45) is 0 Å². The van der Waals surface area contributed by atoms with Crippen LogP contribution in [0.2, 0.25) is 0 Å². The number of aromatic nitrogens is 4. The summed E-state index contributed by atoms with van der Waals surface area (Å²) < 4.78 is 3.92. The van der Waals surface area contributed by atoms with Gasteiger partial charge in [-0.25, -0.2) is 9.97 Å². The van der Waals surface area contributed by atoms with Crippen molar-refractivity contribution in [3.8, 4) is 0 Å². The van der Waals surface area contributed by atoms with Gasteiger partial charge in [0.05, 0.1) is 13.1 Å². The second-order valence-electron chi connectivity index (χ2n) is 8.29. The minimum Gasteiger partial charge on any atom is -0.325 e. The van der Waals surface area contributed by atoms with Crippen molar-refractivity contribution in [2.45, 2.75) is 61.6 Å². The van der Waals surface area contributed by atoms with Crippen LogP contribution in [0.25, 0.3) is 22.1 Å². The number of fused-ring (bicyclic) bond motifs is 2. The van der Waals surface area contributed by atoms with E-state index in [1.54, 1.807) is 13.8 Å². The molecule has 0 aliphatic heterocycles. The highest BCUT2D eigenvalue weighted by Crippen LogP contribution is 2.24. The highest BCUT2D eigenvalue weighted by atomic mass is 16.1. The zero-order valence-corrected chi connectivity index (χ0v) is 19.4. The Morgan fingerprint density at radius 1 is 0.774 bits per heavy atom. The molecule has 0 saturated carbocycles. The van der Waals surface area contributed by atoms with E-state index in [1.165, 1.54) is 11.1 Å². The number of ketones is 2. The van der Waals surface area contributed by atoms with Gasteiger partial charge < -0.3 is 9.13 Å². The monoisotopic (exact) mass is 418 g/mol. The SMILES string of the molecule is CC(=O)Cn1c(C)c(C)c2ccc(C)nc21.CC(=O)Cn1cc(C)c2ccc(C)nc21. The van der Waals surface area contributed by atoms with Gasteiger partial charge in [-0.15, -0.1) is 0 Å². The Balaban J connectivity index is 0.000000176. The number of Topliss-reactive ketones (excluding diaryl/α,β-unsaturated/α-hetero) is 2. The van der Waals surface area contributed by atoms with Gasteiger partial charge in [0.2, 0.25) is 0 Å². The molecule has 0 aliphatic rings. The second kappa shape index (κ2) is 8.84. The molecule has 4 rings (SSSR count). The Hall–Kier alpha value is -3.28. The number of hydrogen-bond acceptors (Lipinski definition) is 4. The van der Waals surface area contributed by atoms with Gasteiger partial charge in [0.15, 0.2) is 0 Å². The molecule has 4 aromatic rings. The van der Waals surface area contributed by atoms with Gasteiger partial charge in [0, 0.05) is 34.1 Å². The van der Waals surface area contributed by atoms with E-state index in [0.29, 0.717) is 13.1 Å². The van der Waals surface area contributed by atoms with Crippen LogP contribution < -0.4 is 0 Å². The van der Waals surface area contributed by atoms with Gasteiger partial charge in [0.1, 0.15) is 22.9 Å². The number of carbonyl (C=O) groups excluding carboxylic acids is 2. The molecule has 0 N–H and O–H groups in total. The molecule has 4 aromatic heterocycles. The van der Waals surface area contributed by atoms with Crippen LogP contribution in [-0.4, -0.2) is 30.7 Å². The van der Waals surface area contributed by atoms with Crippen molar-refractivity contribution >= 4 is 33.6 Å². The van der Waals surface area contributed by atoms with Crippen LogP contribution in [0, 0.1) is 34.6 Å². The van der Waals surface area contributed by atoms with Gasteiger partial charge in [-0.3, -0.25) is 9.59 Å². The van der Waals surface area contributed by atoms with E-state index in [4.69, 9.17) is 0 Å². The van der Waals surface area contributed by atoms with Crippen LogP contribution in [0.5, 0.6) is 0 Å². The minimum atomic E-state index is 0.148. The van der Waals surface area contributed by atoms with E-state index in [-0.39, 0.29) is 11.6 Å². The fourth-order valence-corrected chi connectivity index (χ4v) is 3.81. The van der Waals surface area contributed by atoms with E-state index in [2.05, 4.69) is 29.0 Å². The van der Waals surface area contributed by atoms with E-state index in [1.807, 2.05) is 55.2 Å². The van der Waals surface area contributed by atoms with Crippen LogP contribution in [0.4, 0.5) is 0 Å². The van der Waals surface area contributed by atoms with Gasteiger partial charge >= 0.3 is 0 Å². The number of rotatable bonds is 4. The fourth-order valence-electron chi connectivity index (χ4n) is 3.81. The Labute approximate surface area is 182 Å². The molecular weight excluding hydrogens is 388 g/mol. The van der Waals surface area contributed by atoms with E-state index >= 15 is 0 Å². The molecule has 0 fully saturated rings. The summed E-state index contributed by atoms with van der Waals surface area (Å²) >= 11 is 0. The Kier molecular flexibility index (Phi) is 6.39. The average Bonchev–Trinajstić information content (AvgIpc) is 3.10. The summed E-state index contributed by atoms with van der Waals surface area (Å²) in [5.41, 5.74) is 7.29. The minimum absolute atomic E-state index is 0.148. The zero-order valence-electron chi connectivity index (χ0n) is 19.4. The summed E-state index contributed by atoms with van der Waals surface area (Å²) in [7, 11) is 0. The summed E-state index contributed by atoms with van der Waals surface area (Å²) in [4.78, 5) is 31.3. The summed E-state index contributed by atoms with van der Waals surface area (Å²) in [6.07, 6.45) is 1.98. The molecule has 0 aliphatic carbocycles. The number of carbonyl (C=O) groups is 2. The van der Waals surface area contributed by atoms with Crippen LogP contribution in [0.3, 0.4) is 0 Å². The first-order valence-corrected chi connectivity index (χ1v) is 10.4. The fraction of sp³-hybridized carbons (Fsp3) is 0.360. The lowest BCUT2D eigenvalue weighted by atomic mass is 10.2. The lowest BCUT2D eigenvalue weighted by Gasteiger charge is -2.04. The lowest BCUT2D eigenvalue weighted by molar-refractivity contribution is -0.118. The van der Waals surface area contributed by atoms with Gasteiger partial charge in [-0.2, -0.15) is 0 Å². The molecular formula is C25H30N4O2. The second-order valence-corrected chi connectivity index (χ2v) is 8.29. The van der Waals surface area contributed by atoms with Crippen LogP contribution in [0.15, 0.2) is 30.5 Å². The molecule has 4 heterocycles. The zero-order chi connectivity index (χ0) is 22.9. The Morgan fingerprint density at radius 3 is 1.90 bits per heavy atom. The predicted octanol–water partition coefficient (Wildman–Crippen LogP) is 4.79. The first kappa shape index (κ1) is 22.4. The number of hydrogen-bond donors (Lipinski definition) is 0. The molecule has 0 atom stereocenters. The molecule has 0 aromatic carbocycles. The molecule has 31 heavy (non-hydrogen) atoms. The van der Waals surface area contributed by atoms with Crippen LogP contribution in [0.1, 0.15) is 42.1 Å². The van der Waals surface area contributed by atoms with Crippen molar-refractivity contribution < 1.29 is 9.59 Å². The summed E-state index contributed by atoms with van der Waals surface area (Å²) in [6.45, 7) is 14.1. The van der Waals surface area contributed by atoms with E-state index in [0.717, 1.165) is 39.1 Å². The molecule has 0 radical (unpaired) electrons. The number of pyridine rings is 2. The third kappa shape index (κ3) is 4.74. The van der Waals surface area contributed by atoms with Crippen molar-refractivity contribution in [3.05, 3.63) is 58.7 Å². The van der Waals surface area contributed by atoms with E-state index in [9.17, 15) is 9.59 Å². The Morgan fingerprint density at radius 2 is 1.32 bits per heavy atom. The maximum Gasteiger partial charge on any atom is 0.149 e. The molecule has 0 amide bonds. The Bertz CT molecular complexity index is 1290. The average molecular weight is 419 g/mol. The normalized spacial score (nSPS) is 10.9. The maximum atomic E-state index is 11.3. The summed E-state index contributed by atoms with van der Waals surface area (Å²) in [5, 5.41) is 2.27. The highest BCUT2D eigenvalue weighted by Gasteiger charge is 2.13. The van der Waals surface area contributed by atoms with Crippen LogP contribution in [-0.2, 0) is 22.7 Å². The topological polar surface area (TPSA) is 69.8 Å². The molecule has 0 saturated heterocycles. The summed E-state index contributed by atoms with van der Waals surface area (Å²) in [5.74, 6) is 0.304. The maximum absolute atomic E-state index is 11.3. The predicted molar refractivity (Wildman–Crippen MR) is 125 cm³/mol. The van der Waals surface area contributed by atoms with Crippen molar-refractivity contribution in [2.75, 3.05) is 0 Å². The molecule has 162 valence electrons. The van der Waals surface area contributed by atoms with Gasteiger partial charge in [0.25, 0.3) is 0 Å². The smallest absolute Gasteiger partial charge is 0.149 e. The first-order valence-electron chi connectivity index (χ1n) is 10.4. The molecule has 0 bridgehead atoms. The van der Waals surface area contributed by atoms with Gasteiger partial charge in [-0.1, -0.05) is 0 Å². The van der Waals surface area contributed by atoms with Crippen molar-refractivity contribution in [1.82, 2.24) is 19.1 Å². The number of nitrogens with zero attached hydrogens (tertiary/aromatic N) is 4. The molecule has 6 heteroatoms. The van der Waals surface area contributed by atoms with Crippen LogP contribution >= 0.6 is 0 Å². The van der Waals surface area contributed by atoms with Gasteiger partial charge in [-0.05, 0) is 83.9 Å². The summed E-state index contributed by atoms with van der Waals surface area (Å²) in [6, 6.07) is 8.14. The highest BCUT2D eigenvalue weighted by molar-refractivity contribution is 5.85. The third-order valence-corrected chi connectivity index (χ3v) is 5.46. The third-order valence-electron chi connectivity index (χ3n) is 5.46.